The first-order valence-electron chi connectivity index (χ1n) is 9.28. The Kier molecular flexibility index (Phi) is 6.86. The van der Waals surface area contributed by atoms with Crippen LogP contribution in [-0.4, -0.2) is 39.6 Å². The van der Waals surface area contributed by atoms with Crippen LogP contribution in [0, 0.1) is 5.82 Å². The third-order valence-corrected chi connectivity index (χ3v) is 4.55. The number of alkyl halides is 5. The van der Waals surface area contributed by atoms with Crippen molar-refractivity contribution in [2.45, 2.75) is 18.6 Å². The van der Waals surface area contributed by atoms with E-state index in [-0.39, 0.29) is 22.5 Å². The second kappa shape index (κ2) is 9.45. The van der Waals surface area contributed by atoms with Crippen LogP contribution in [0.15, 0.2) is 59.4 Å². The van der Waals surface area contributed by atoms with Gasteiger partial charge in [-0.2, -0.15) is 23.0 Å². The van der Waals surface area contributed by atoms with Crippen molar-refractivity contribution < 1.29 is 36.2 Å². The van der Waals surface area contributed by atoms with Crippen LogP contribution in [0.4, 0.5) is 26.3 Å². The van der Waals surface area contributed by atoms with Gasteiger partial charge in [0.15, 0.2) is 0 Å². The molecule has 3 rings (SSSR count). The van der Waals surface area contributed by atoms with Crippen LogP contribution in [0.3, 0.4) is 0 Å². The SMILES string of the molecule is O=C(N[C@H](CO)C(F)(F)F)c1cc(-c2ccc(C(F)F)cc2)nn(-c2cccc(F)c2)c1=O. The van der Waals surface area contributed by atoms with E-state index < -0.39 is 48.1 Å². The second-order valence-corrected chi connectivity index (χ2v) is 6.81. The Morgan fingerprint density at radius 3 is 2.30 bits per heavy atom. The molecule has 174 valence electrons. The van der Waals surface area contributed by atoms with Crippen LogP contribution in [0.2, 0.25) is 0 Å². The second-order valence-electron chi connectivity index (χ2n) is 6.81. The lowest BCUT2D eigenvalue weighted by Crippen LogP contribution is -2.49. The van der Waals surface area contributed by atoms with Crippen molar-refractivity contribution in [2.75, 3.05) is 6.61 Å². The van der Waals surface area contributed by atoms with E-state index in [0.29, 0.717) is 4.68 Å². The molecular weight excluding hydrogens is 456 g/mol. The first-order chi connectivity index (χ1) is 15.5. The van der Waals surface area contributed by atoms with Crippen LogP contribution < -0.4 is 10.9 Å². The van der Waals surface area contributed by atoms with Crippen molar-refractivity contribution in [1.82, 2.24) is 15.1 Å². The molecule has 0 spiro atoms. The Balaban J connectivity index is 2.16. The zero-order valence-electron chi connectivity index (χ0n) is 16.5. The summed E-state index contributed by atoms with van der Waals surface area (Å²) in [4.78, 5) is 25.4. The lowest BCUT2D eigenvalue weighted by molar-refractivity contribution is -0.161. The Labute approximate surface area is 182 Å². The van der Waals surface area contributed by atoms with E-state index in [4.69, 9.17) is 5.11 Å². The van der Waals surface area contributed by atoms with Crippen molar-refractivity contribution in [2.24, 2.45) is 0 Å². The minimum absolute atomic E-state index is 0.127. The highest BCUT2D eigenvalue weighted by molar-refractivity contribution is 5.95. The molecule has 1 amide bonds. The summed E-state index contributed by atoms with van der Waals surface area (Å²) in [6, 6.07) is 7.33. The molecule has 1 atom stereocenters. The van der Waals surface area contributed by atoms with Crippen molar-refractivity contribution in [3.63, 3.8) is 0 Å². The number of carbonyl (C=O) groups is 1. The molecule has 1 aromatic heterocycles. The highest BCUT2D eigenvalue weighted by Crippen LogP contribution is 2.24. The van der Waals surface area contributed by atoms with Crippen LogP contribution in [0.5, 0.6) is 0 Å². The van der Waals surface area contributed by atoms with Gasteiger partial charge in [0.2, 0.25) is 0 Å². The first kappa shape index (κ1) is 24.0. The summed E-state index contributed by atoms with van der Waals surface area (Å²) in [5.74, 6) is -2.22. The zero-order chi connectivity index (χ0) is 24.3. The molecule has 0 unspecified atom stereocenters. The summed E-state index contributed by atoms with van der Waals surface area (Å²) in [6.07, 6.45) is -7.75. The standard InChI is InChI=1S/C21H15F6N3O3/c22-13-2-1-3-14(8-13)30-20(33)15(19(32)28-17(10-31)21(25,26)27)9-16(29-30)11-4-6-12(7-5-11)18(23)24/h1-9,17-18,31H,10H2,(H,28,32)/t17-/m1/s1. The number of amides is 1. The van der Waals surface area contributed by atoms with Gasteiger partial charge in [0, 0.05) is 11.1 Å². The van der Waals surface area contributed by atoms with Gasteiger partial charge in [-0.25, -0.2) is 13.2 Å². The number of nitrogens with one attached hydrogen (secondary N) is 1. The lowest BCUT2D eigenvalue weighted by Gasteiger charge is -2.19. The maximum Gasteiger partial charge on any atom is 0.410 e. The number of carbonyl (C=O) groups excluding carboxylic acids is 1. The smallest absolute Gasteiger partial charge is 0.394 e. The predicted octanol–water partition coefficient (Wildman–Crippen LogP) is 3.63. The number of benzene rings is 2. The average molecular weight is 471 g/mol. The lowest BCUT2D eigenvalue weighted by atomic mass is 10.1. The highest BCUT2D eigenvalue weighted by Gasteiger charge is 2.40. The Morgan fingerprint density at radius 1 is 1.09 bits per heavy atom. The molecular formula is C21H15F6N3O3. The number of hydrogen-bond acceptors (Lipinski definition) is 4. The van der Waals surface area contributed by atoms with Crippen LogP contribution in [-0.2, 0) is 0 Å². The summed E-state index contributed by atoms with van der Waals surface area (Å²) in [5, 5.41) is 14.5. The van der Waals surface area contributed by atoms with E-state index in [1.807, 2.05) is 0 Å². The van der Waals surface area contributed by atoms with Gasteiger partial charge in [-0.15, -0.1) is 0 Å². The minimum atomic E-state index is -4.99. The summed E-state index contributed by atoms with van der Waals surface area (Å²) >= 11 is 0. The van der Waals surface area contributed by atoms with E-state index in [2.05, 4.69) is 5.10 Å². The number of aliphatic hydroxyl groups excluding tert-OH is 1. The highest BCUT2D eigenvalue weighted by atomic mass is 19.4. The summed E-state index contributed by atoms with van der Waals surface area (Å²) in [5.41, 5.74) is -2.36. The molecule has 33 heavy (non-hydrogen) atoms. The number of nitrogens with zero attached hydrogens (tertiary/aromatic N) is 2. The Bertz CT molecular complexity index is 1210. The maximum absolute atomic E-state index is 13.7. The molecule has 2 N–H and O–H groups in total. The van der Waals surface area contributed by atoms with Gasteiger partial charge in [0.25, 0.3) is 17.9 Å². The van der Waals surface area contributed by atoms with E-state index in [1.54, 1.807) is 0 Å². The van der Waals surface area contributed by atoms with E-state index >= 15 is 0 Å². The largest absolute Gasteiger partial charge is 0.410 e. The van der Waals surface area contributed by atoms with Gasteiger partial charge >= 0.3 is 6.18 Å². The molecule has 2 aromatic carbocycles. The topological polar surface area (TPSA) is 84.2 Å². The molecule has 0 bridgehead atoms. The fraction of sp³-hybridized carbons (Fsp3) is 0.190. The Morgan fingerprint density at radius 2 is 1.76 bits per heavy atom. The monoisotopic (exact) mass is 471 g/mol. The number of rotatable bonds is 6. The molecule has 0 aliphatic rings. The summed E-state index contributed by atoms with van der Waals surface area (Å²) in [7, 11) is 0. The van der Waals surface area contributed by atoms with Gasteiger partial charge in [0.1, 0.15) is 17.4 Å². The van der Waals surface area contributed by atoms with Gasteiger partial charge in [-0.05, 0) is 24.3 Å². The normalized spacial score (nSPS) is 12.6. The maximum atomic E-state index is 13.7. The Hall–Kier alpha value is -3.67. The number of hydrogen-bond donors (Lipinski definition) is 2. The third kappa shape index (κ3) is 5.40. The molecule has 12 heteroatoms. The van der Waals surface area contributed by atoms with Crippen molar-refractivity contribution in [3.05, 3.63) is 81.9 Å². The summed E-state index contributed by atoms with van der Waals surface area (Å²) in [6.45, 7) is -1.47. The number of halogens is 6. The van der Waals surface area contributed by atoms with Gasteiger partial charge in [0.05, 0.1) is 18.0 Å². The minimum Gasteiger partial charge on any atom is -0.394 e. The average Bonchev–Trinajstić information content (AvgIpc) is 2.76. The number of aliphatic hydroxyl groups is 1. The zero-order valence-corrected chi connectivity index (χ0v) is 16.5. The molecule has 0 saturated carbocycles. The fourth-order valence-corrected chi connectivity index (χ4v) is 2.85. The van der Waals surface area contributed by atoms with Crippen molar-refractivity contribution in [1.29, 1.82) is 0 Å². The molecule has 0 saturated heterocycles. The molecule has 0 fully saturated rings. The van der Waals surface area contributed by atoms with E-state index in [1.165, 1.54) is 29.6 Å². The van der Waals surface area contributed by atoms with Gasteiger partial charge < -0.3 is 10.4 Å². The van der Waals surface area contributed by atoms with Gasteiger partial charge in [-0.3, -0.25) is 9.59 Å². The first-order valence-corrected chi connectivity index (χ1v) is 9.28. The molecule has 6 nitrogen and oxygen atoms in total. The number of aromatic nitrogens is 2. The summed E-state index contributed by atoms with van der Waals surface area (Å²) < 4.78 is 78.8. The predicted molar refractivity (Wildman–Crippen MR) is 105 cm³/mol. The fourth-order valence-electron chi connectivity index (χ4n) is 2.85. The van der Waals surface area contributed by atoms with Crippen LogP contribution in [0.1, 0.15) is 22.3 Å². The molecule has 1 heterocycles. The van der Waals surface area contributed by atoms with E-state index in [0.717, 1.165) is 30.3 Å². The van der Waals surface area contributed by atoms with Gasteiger partial charge in [-0.1, -0.05) is 30.3 Å². The molecule has 0 aliphatic carbocycles. The van der Waals surface area contributed by atoms with E-state index in [9.17, 15) is 35.9 Å². The van der Waals surface area contributed by atoms with Crippen molar-refractivity contribution in [3.8, 4) is 16.9 Å². The molecule has 0 radical (unpaired) electrons. The third-order valence-electron chi connectivity index (χ3n) is 4.55. The van der Waals surface area contributed by atoms with Crippen LogP contribution in [0.25, 0.3) is 16.9 Å². The molecule has 3 aromatic rings. The van der Waals surface area contributed by atoms with Crippen molar-refractivity contribution >= 4 is 5.91 Å². The molecule has 0 aliphatic heterocycles. The quantitative estimate of drug-likeness (QED) is 0.538. The van der Waals surface area contributed by atoms with Crippen LogP contribution >= 0.6 is 0 Å².